The van der Waals surface area contributed by atoms with E-state index < -0.39 is 5.41 Å². The van der Waals surface area contributed by atoms with Crippen LogP contribution in [0.4, 0.5) is 0 Å². The quantitative estimate of drug-likeness (QED) is 0.565. The summed E-state index contributed by atoms with van der Waals surface area (Å²) in [7, 11) is 0. The number of pyridine rings is 2. The average molecular weight is 441 g/mol. The van der Waals surface area contributed by atoms with Gasteiger partial charge in [-0.15, -0.1) is 6.58 Å². The summed E-state index contributed by atoms with van der Waals surface area (Å²) < 4.78 is 0. The van der Waals surface area contributed by atoms with Crippen LogP contribution in [0.15, 0.2) is 85.8 Å². The number of aromatic nitrogens is 2. The lowest BCUT2D eigenvalue weighted by Gasteiger charge is -2.41. The molecule has 2 amide bonds. The van der Waals surface area contributed by atoms with E-state index in [1.54, 1.807) is 47.8 Å². The predicted octanol–water partition coefficient (Wildman–Crippen LogP) is 3.91. The van der Waals surface area contributed by atoms with Crippen molar-refractivity contribution >= 4 is 11.8 Å². The van der Waals surface area contributed by atoms with Crippen LogP contribution in [0.2, 0.25) is 0 Å². The highest BCUT2D eigenvalue weighted by atomic mass is 16.2. The van der Waals surface area contributed by atoms with Crippen molar-refractivity contribution in [3.05, 3.63) is 97.1 Å². The Morgan fingerprint density at radius 1 is 1.06 bits per heavy atom. The zero-order chi connectivity index (χ0) is 23.1. The Morgan fingerprint density at radius 3 is 2.67 bits per heavy atom. The monoisotopic (exact) mass is 440 g/mol. The summed E-state index contributed by atoms with van der Waals surface area (Å²) in [6.45, 7) is 5.08. The molecular formula is C27H28N4O2. The van der Waals surface area contributed by atoms with Gasteiger partial charge in [-0.2, -0.15) is 0 Å². The number of nitrogens with zero attached hydrogens (tertiary/aromatic N) is 3. The Kier molecular flexibility index (Phi) is 6.93. The molecule has 1 aliphatic heterocycles. The van der Waals surface area contributed by atoms with Crippen LogP contribution < -0.4 is 5.32 Å². The van der Waals surface area contributed by atoms with Crippen molar-refractivity contribution in [1.29, 1.82) is 0 Å². The number of benzene rings is 1. The summed E-state index contributed by atoms with van der Waals surface area (Å²) in [5, 5.41) is 2.99. The minimum absolute atomic E-state index is 0.0461. The Hall–Kier alpha value is -3.80. The Balaban J connectivity index is 1.63. The van der Waals surface area contributed by atoms with E-state index in [4.69, 9.17) is 0 Å². The third-order valence-electron chi connectivity index (χ3n) is 6.12. The minimum Gasteiger partial charge on any atom is -0.352 e. The van der Waals surface area contributed by atoms with E-state index in [9.17, 15) is 9.59 Å². The van der Waals surface area contributed by atoms with Crippen molar-refractivity contribution in [1.82, 2.24) is 20.2 Å². The van der Waals surface area contributed by atoms with Gasteiger partial charge in [0, 0.05) is 38.2 Å². The Bertz CT molecular complexity index is 1120. The van der Waals surface area contributed by atoms with E-state index >= 15 is 0 Å². The number of likely N-dealkylation sites (tertiary alicyclic amines) is 1. The summed E-state index contributed by atoms with van der Waals surface area (Å²) in [5.74, 6) is -0.183. The first-order chi connectivity index (χ1) is 16.1. The molecule has 6 heteroatoms. The van der Waals surface area contributed by atoms with Crippen LogP contribution in [-0.4, -0.2) is 46.3 Å². The van der Waals surface area contributed by atoms with Gasteiger partial charge in [0.1, 0.15) is 5.69 Å². The van der Waals surface area contributed by atoms with Crippen molar-refractivity contribution in [3.63, 3.8) is 0 Å². The molecule has 0 unspecified atom stereocenters. The van der Waals surface area contributed by atoms with Crippen LogP contribution in [0.5, 0.6) is 0 Å². The van der Waals surface area contributed by atoms with Crippen LogP contribution >= 0.6 is 0 Å². The average Bonchev–Trinajstić information content (AvgIpc) is 2.88. The van der Waals surface area contributed by atoms with Crippen LogP contribution in [0, 0.1) is 5.41 Å². The topological polar surface area (TPSA) is 75.2 Å². The molecule has 6 nitrogen and oxygen atoms in total. The molecule has 1 fully saturated rings. The van der Waals surface area contributed by atoms with Crippen molar-refractivity contribution in [2.45, 2.75) is 19.3 Å². The number of hydrogen-bond donors (Lipinski definition) is 1. The van der Waals surface area contributed by atoms with Crippen LogP contribution in [0.1, 0.15) is 28.9 Å². The number of piperidine rings is 1. The minimum atomic E-state index is -0.720. The van der Waals surface area contributed by atoms with Gasteiger partial charge in [0.25, 0.3) is 5.91 Å². The molecule has 1 atom stereocenters. The maximum Gasteiger partial charge on any atom is 0.272 e. The number of nitrogens with one attached hydrogen (secondary N) is 1. The summed E-state index contributed by atoms with van der Waals surface area (Å²) in [4.78, 5) is 36.6. The second-order valence-electron chi connectivity index (χ2n) is 8.44. The first kappa shape index (κ1) is 22.4. The van der Waals surface area contributed by atoms with E-state index in [0.29, 0.717) is 38.2 Å². The Labute approximate surface area is 194 Å². The number of carbonyl (C=O) groups excluding carboxylic acids is 2. The van der Waals surface area contributed by atoms with E-state index in [2.05, 4.69) is 34.0 Å². The number of hydrogen-bond acceptors (Lipinski definition) is 4. The van der Waals surface area contributed by atoms with Crippen molar-refractivity contribution in [2.24, 2.45) is 5.41 Å². The van der Waals surface area contributed by atoms with Gasteiger partial charge in [-0.05, 0) is 60.2 Å². The van der Waals surface area contributed by atoms with E-state index in [0.717, 1.165) is 23.1 Å². The second-order valence-corrected chi connectivity index (χ2v) is 8.44. The fourth-order valence-corrected chi connectivity index (χ4v) is 4.51. The molecule has 1 N–H and O–H groups in total. The molecular weight excluding hydrogens is 412 g/mol. The molecule has 33 heavy (non-hydrogen) atoms. The highest BCUT2D eigenvalue weighted by molar-refractivity contribution is 5.93. The van der Waals surface area contributed by atoms with Crippen LogP contribution in [-0.2, 0) is 11.2 Å². The SMILES string of the molecule is C=CCNC(=O)[C@]1(Cc2cccc(-c3ccncc3)c2)CCCN(C(=O)c2ccccn2)C1. The first-order valence-corrected chi connectivity index (χ1v) is 11.2. The number of amides is 2. The molecule has 0 aliphatic carbocycles. The molecule has 1 saturated heterocycles. The highest BCUT2D eigenvalue weighted by Gasteiger charge is 2.43. The van der Waals surface area contributed by atoms with Crippen LogP contribution in [0.3, 0.4) is 0 Å². The van der Waals surface area contributed by atoms with Gasteiger partial charge in [0.15, 0.2) is 0 Å². The summed E-state index contributed by atoms with van der Waals surface area (Å²) in [5.41, 5.74) is 2.90. The molecule has 168 valence electrons. The van der Waals surface area contributed by atoms with Gasteiger partial charge in [-0.25, -0.2) is 0 Å². The fraction of sp³-hybridized carbons (Fsp3) is 0.259. The summed E-state index contributed by atoms with van der Waals surface area (Å²) in [6, 6.07) is 17.5. The number of carbonyl (C=O) groups is 2. The van der Waals surface area contributed by atoms with Gasteiger partial charge in [-0.1, -0.05) is 36.4 Å². The van der Waals surface area contributed by atoms with Gasteiger partial charge in [0.05, 0.1) is 5.41 Å². The normalized spacial score (nSPS) is 17.9. The van der Waals surface area contributed by atoms with Gasteiger partial charge >= 0.3 is 0 Å². The molecule has 0 spiro atoms. The standard InChI is InChI=1S/C27H28N4O2/c1-2-13-30-26(33)27(12-6-17-31(20-27)25(32)24-9-3-4-14-29-24)19-21-7-5-8-23(18-21)22-10-15-28-16-11-22/h2-5,7-11,14-16,18H,1,6,12-13,17,19-20H2,(H,30,33)/t27-/m0/s1. The van der Waals surface area contributed by atoms with E-state index in [1.165, 1.54) is 0 Å². The molecule has 3 aromatic rings. The van der Waals surface area contributed by atoms with Gasteiger partial charge in [0.2, 0.25) is 5.91 Å². The zero-order valence-corrected chi connectivity index (χ0v) is 18.6. The fourth-order valence-electron chi connectivity index (χ4n) is 4.51. The molecule has 4 rings (SSSR count). The summed E-state index contributed by atoms with van der Waals surface area (Å²) >= 11 is 0. The molecule has 0 saturated carbocycles. The maximum absolute atomic E-state index is 13.4. The van der Waals surface area contributed by atoms with E-state index in [1.807, 2.05) is 24.3 Å². The molecule has 0 radical (unpaired) electrons. The number of rotatable bonds is 7. The van der Waals surface area contributed by atoms with Crippen molar-refractivity contribution < 1.29 is 9.59 Å². The van der Waals surface area contributed by atoms with Crippen molar-refractivity contribution in [2.75, 3.05) is 19.6 Å². The van der Waals surface area contributed by atoms with Gasteiger partial charge < -0.3 is 10.2 Å². The molecule has 1 aromatic carbocycles. The molecule has 3 heterocycles. The molecule has 1 aliphatic rings. The van der Waals surface area contributed by atoms with Crippen LogP contribution in [0.25, 0.3) is 11.1 Å². The Morgan fingerprint density at radius 2 is 1.91 bits per heavy atom. The molecule has 2 aromatic heterocycles. The lowest BCUT2D eigenvalue weighted by Crippen LogP contribution is -2.54. The van der Waals surface area contributed by atoms with Crippen molar-refractivity contribution in [3.8, 4) is 11.1 Å². The lowest BCUT2D eigenvalue weighted by molar-refractivity contribution is -0.133. The second kappa shape index (κ2) is 10.2. The molecule has 0 bridgehead atoms. The maximum atomic E-state index is 13.4. The third kappa shape index (κ3) is 5.17. The first-order valence-electron chi connectivity index (χ1n) is 11.2. The summed E-state index contributed by atoms with van der Waals surface area (Å²) in [6.07, 6.45) is 8.84. The lowest BCUT2D eigenvalue weighted by atomic mass is 9.74. The van der Waals surface area contributed by atoms with E-state index in [-0.39, 0.29) is 11.8 Å². The predicted molar refractivity (Wildman–Crippen MR) is 128 cm³/mol. The largest absolute Gasteiger partial charge is 0.352 e. The third-order valence-corrected chi connectivity index (χ3v) is 6.12. The highest BCUT2D eigenvalue weighted by Crippen LogP contribution is 2.35. The smallest absolute Gasteiger partial charge is 0.272 e. The zero-order valence-electron chi connectivity index (χ0n) is 18.6. The van der Waals surface area contributed by atoms with Gasteiger partial charge in [-0.3, -0.25) is 19.6 Å².